The van der Waals surface area contributed by atoms with Crippen LogP contribution in [0.15, 0.2) is 23.3 Å². The highest BCUT2D eigenvalue weighted by Gasteiger charge is 1.93. The van der Waals surface area contributed by atoms with E-state index < -0.39 is 0 Å². The first kappa shape index (κ1) is 10.6. The van der Waals surface area contributed by atoms with Crippen LogP contribution in [0.1, 0.15) is 6.42 Å². The minimum Gasteiger partial charge on any atom is -0.497 e. The highest BCUT2D eigenvalue weighted by atomic mass is 16.5. The second kappa shape index (κ2) is 5.29. The number of methoxy groups -OCH3 is 1. The first-order chi connectivity index (χ1) is 6.77. The number of hydrogen-bond donors (Lipinski definition) is 2. The third-order valence-corrected chi connectivity index (χ3v) is 1.71. The second-order valence-electron chi connectivity index (χ2n) is 2.73. The molecular weight excluding hydrogens is 184 g/mol. The van der Waals surface area contributed by atoms with Crippen molar-refractivity contribution in [3.63, 3.8) is 0 Å². The van der Waals surface area contributed by atoms with Crippen LogP contribution >= 0.6 is 0 Å². The van der Waals surface area contributed by atoms with Crippen LogP contribution in [0.5, 0.6) is 5.75 Å². The van der Waals surface area contributed by atoms with Crippen LogP contribution in [0.2, 0.25) is 0 Å². The van der Waals surface area contributed by atoms with Gasteiger partial charge in [-0.2, -0.15) is 4.73 Å². The van der Waals surface area contributed by atoms with E-state index in [1.165, 1.54) is 6.20 Å². The molecule has 0 aromatic carbocycles. The molecule has 0 spiro atoms. The molecule has 5 heteroatoms. The lowest BCUT2D eigenvalue weighted by atomic mass is 10.4. The van der Waals surface area contributed by atoms with Gasteiger partial charge in [-0.25, -0.2) is 0 Å². The minimum absolute atomic E-state index is 0.0961. The Morgan fingerprint density at radius 1 is 1.57 bits per heavy atom. The van der Waals surface area contributed by atoms with Gasteiger partial charge in [-0.3, -0.25) is 4.99 Å². The van der Waals surface area contributed by atoms with Gasteiger partial charge in [0.1, 0.15) is 5.75 Å². The molecule has 0 bridgehead atoms. The summed E-state index contributed by atoms with van der Waals surface area (Å²) in [5.74, 6) is 0.637. The number of rotatable bonds is 4. The van der Waals surface area contributed by atoms with E-state index in [-0.39, 0.29) is 6.61 Å². The monoisotopic (exact) mass is 198 g/mol. The van der Waals surface area contributed by atoms with Gasteiger partial charge in [0.25, 0.3) is 0 Å². The Balaban J connectivity index is 2.88. The molecule has 2 N–H and O–H groups in total. The van der Waals surface area contributed by atoms with Gasteiger partial charge < -0.3 is 15.1 Å². The van der Waals surface area contributed by atoms with E-state index in [4.69, 9.17) is 9.84 Å². The van der Waals surface area contributed by atoms with E-state index in [9.17, 15) is 5.21 Å². The van der Waals surface area contributed by atoms with Crippen LogP contribution < -0.4 is 10.2 Å². The summed E-state index contributed by atoms with van der Waals surface area (Å²) in [6.45, 7) is 0.573. The molecule has 0 atom stereocenters. The normalized spacial score (nSPS) is 11.7. The van der Waals surface area contributed by atoms with Crippen LogP contribution in [0, 0.1) is 0 Å². The third kappa shape index (κ3) is 2.77. The maximum absolute atomic E-state index is 9.33. The molecule has 0 aliphatic rings. The van der Waals surface area contributed by atoms with Gasteiger partial charge in [0.15, 0.2) is 5.49 Å². The summed E-state index contributed by atoms with van der Waals surface area (Å²) >= 11 is 0. The number of aromatic nitrogens is 1. The van der Waals surface area contributed by atoms with E-state index in [2.05, 4.69) is 4.99 Å². The zero-order valence-corrected chi connectivity index (χ0v) is 8.05. The van der Waals surface area contributed by atoms with Crippen LogP contribution in [-0.4, -0.2) is 35.3 Å². The van der Waals surface area contributed by atoms with Crippen molar-refractivity contribution >= 4 is 0 Å². The zero-order chi connectivity index (χ0) is 10.4. The van der Waals surface area contributed by atoms with E-state index in [1.54, 1.807) is 19.2 Å². The molecule has 14 heavy (non-hydrogen) atoms. The van der Waals surface area contributed by atoms with Gasteiger partial charge in [-0.15, -0.1) is 0 Å². The molecule has 0 saturated carbocycles. The maximum atomic E-state index is 9.33. The van der Waals surface area contributed by atoms with E-state index in [0.29, 0.717) is 24.2 Å². The summed E-state index contributed by atoms with van der Waals surface area (Å²) in [6.07, 6.45) is 2.04. The standard InChI is InChI=1S/C9H14N2O3/c1-14-8-3-5-11(13)9(7-8)10-4-2-6-12/h3,5,7,12-13H,2,4,6H2,1H3. The summed E-state index contributed by atoms with van der Waals surface area (Å²) in [6, 6.07) is 3.25. The third-order valence-electron chi connectivity index (χ3n) is 1.71. The number of aliphatic hydroxyl groups excluding tert-OH is 1. The van der Waals surface area contributed by atoms with E-state index >= 15 is 0 Å². The summed E-state index contributed by atoms with van der Waals surface area (Å²) in [7, 11) is 1.55. The average Bonchev–Trinajstić information content (AvgIpc) is 2.21. The zero-order valence-electron chi connectivity index (χ0n) is 8.05. The van der Waals surface area contributed by atoms with Gasteiger partial charge in [0, 0.05) is 31.5 Å². The SMILES string of the molecule is COc1ccn(O)c(=NCCCO)c1. The first-order valence-electron chi connectivity index (χ1n) is 4.35. The lowest BCUT2D eigenvalue weighted by Crippen LogP contribution is -2.18. The molecule has 1 aromatic heterocycles. The number of hydrogen-bond acceptors (Lipinski definition) is 4. The Kier molecular flexibility index (Phi) is 4.00. The minimum atomic E-state index is 0.0961. The summed E-state index contributed by atoms with van der Waals surface area (Å²) in [4.78, 5) is 4.08. The van der Waals surface area contributed by atoms with Gasteiger partial charge >= 0.3 is 0 Å². The highest BCUT2D eigenvalue weighted by molar-refractivity contribution is 5.16. The Hall–Kier alpha value is -1.49. The number of nitrogens with zero attached hydrogens (tertiary/aromatic N) is 2. The van der Waals surface area contributed by atoms with Crippen LogP contribution in [0.4, 0.5) is 0 Å². The quantitative estimate of drug-likeness (QED) is 0.529. The topological polar surface area (TPSA) is 67.0 Å². The Bertz CT molecular complexity index is 346. The van der Waals surface area contributed by atoms with Crippen molar-refractivity contribution in [3.8, 4) is 5.75 Å². The lowest BCUT2D eigenvalue weighted by molar-refractivity contribution is 0.170. The fourth-order valence-electron chi connectivity index (χ4n) is 0.971. The number of ether oxygens (including phenoxy) is 1. The summed E-state index contributed by atoms with van der Waals surface area (Å²) in [5.41, 5.74) is 0.415. The van der Waals surface area contributed by atoms with Crippen molar-refractivity contribution in [1.29, 1.82) is 0 Å². The van der Waals surface area contributed by atoms with Crippen LogP contribution in [0.3, 0.4) is 0 Å². The molecule has 1 heterocycles. The smallest absolute Gasteiger partial charge is 0.166 e. The molecular formula is C9H14N2O3. The number of aliphatic hydroxyl groups is 1. The molecule has 1 aromatic rings. The Morgan fingerprint density at radius 2 is 2.36 bits per heavy atom. The fraction of sp³-hybridized carbons (Fsp3) is 0.444. The molecule has 0 unspecified atom stereocenters. The Morgan fingerprint density at radius 3 is 3.00 bits per heavy atom. The van der Waals surface area contributed by atoms with Crippen LogP contribution in [0.25, 0.3) is 0 Å². The molecule has 1 rings (SSSR count). The Labute approximate surface area is 81.9 Å². The second-order valence-corrected chi connectivity index (χ2v) is 2.73. The molecule has 5 nitrogen and oxygen atoms in total. The van der Waals surface area contributed by atoms with Crippen molar-refractivity contribution in [2.45, 2.75) is 6.42 Å². The van der Waals surface area contributed by atoms with Crippen molar-refractivity contribution < 1.29 is 15.1 Å². The molecule has 78 valence electrons. The fourth-order valence-corrected chi connectivity index (χ4v) is 0.971. The van der Waals surface area contributed by atoms with Crippen molar-refractivity contribution in [1.82, 2.24) is 4.73 Å². The van der Waals surface area contributed by atoms with Gasteiger partial charge in [-0.1, -0.05) is 0 Å². The van der Waals surface area contributed by atoms with Crippen LogP contribution in [-0.2, 0) is 0 Å². The predicted molar refractivity (Wildman–Crippen MR) is 50.3 cm³/mol. The highest BCUT2D eigenvalue weighted by Crippen LogP contribution is 2.02. The molecule has 0 radical (unpaired) electrons. The largest absolute Gasteiger partial charge is 0.497 e. The molecule has 0 fully saturated rings. The van der Waals surface area contributed by atoms with Crippen molar-refractivity contribution in [2.24, 2.45) is 4.99 Å². The molecule has 0 amide bonds. The average molecular weight is 198 g/mol. The summed E-state index contributed by atoms with van der Waals surface area (Å²) < 4.78 is 5.90. The van der Waals surface area contributed by atoms with Gasteiger partial charge in [0.2, 0.25) is 0 Å². The van der Waals surface area contributed by atoms with Crippen molar-refractivity contribution in [2.75, 3.05) is 20.3 Å². The lowest BCUT2D eigenvalue weighted by Gasteiger charge is -2.01. The molecule has 0 aliphatic heterocycles. The predicted octanol–water partition coefficient (Wildman–Crippen LogP) is 0.0171. The van der Waals surface area contributed by atoms with Crippen molar-refractivity contribution in [3.05, 3.63) is 23.8 Å². The van der Waals surface area contributed by atoms with Gasteiger partial charge in [0.05, 0.1) is 7.11 Å². The summed E-state index contributed by atoms with van der Waals surface area (Å²) in [5, 5.41) is 17.9. The maximum Gasteiger partial charge on any atom is 0.166 e. The molecule has 0 saturated heterocycles. The van der Waals surface area contributed by atoms with E-state index in [0.717, 1.165) is 4.73 Å². The van der Waals surface area contributed by atoms with Gasteiger partial charge in [-0.05, 0) is 6.42 Å². The van der Waals surface area contributed by atoms with E-state index in [1.807, 2.05) is 0 Å². The number of pyridine rings is 1. The first-order valence-corrected chi connectivity index (χ1v) is 4.35. The molecule has 0 aliphatic carbocycles.